The third kappa shape index (κ3) is 4.57. The minimum Gasteiger partial charge on any atom is -0.307 e. The Bertz CT molecular complexity index is 1170. The Hall–Kier alpha value is -2.64. The van der Waals surface area contributed by atoms with E-state index in [9.17, 15) is 13.2 Å². The molecule has 0 radical (unpaired) electrons. The van der Waals surface area contributed by atoms with Crippen LogP contribution in [0.4, 0.5) is 10.5 Å². The quantitative estimate of drug-likeness (QED) is 0.531. The topological polar surface area (TPSA) is 88.2 Å². The molecule has 3 aromatic rings. The number of nitrogens with zero attached hydrogens (tertiary/aromatic N) is 1. The highest BCUT2D eigenvalue weighted by Crippen LogP contribution is 2.35. The number of nitrogens with one attached hydrogen (secondary N) is 2. The summed E-state index contributed by atoms with van der Waals surface area (Å²) in [4.78, 5) is 16.7. The van der Waals surface area contributed by atoms with Gasteiger partial charge in [-0.05, 0) is 47.2 Å². The number of halogens is 1. The molecular weight excluding hydrogens is 422 g/mol. The third-order valence-corrected chi connectivity index (χ3v) is 6.41. The van der Waals surface area contributed by atoms with Crippen LogP contribution in [-0.2, 0) is 10.0 Å². The van der Waals surface area contributed by atoms with Gasteiger partial charge in [-0.3, -0.25) is 4.98 Å². The molecule has 30 heavy (non-hydrogen) atoms. The third-order valence-electron chi connectivity index (χ3n) is 4.80. The number of hydrogen-bond donors (Lipinski definition) is 2. The number of anilines is 1. The lowest BCUT2D eigenvalue weighted by Gasteiger charge is -2.21. The molecule has 8 heteroatoms. The standard InChI is InChI=1S/C22H24ClN3O3S/c1-13(2)18-10-16(23)11-19(14(3)4)21(18)25-22(27)26-30(28,29)20-7-5-6-15-12-24-9-8-17(15)20/h5-14H,1-4H3,(H2,25,26,27). The molecule has 0 unspecified atom stereocenters. The summed E-state index contributed by atoms with van der Waals surface area (Å²) in [5.74, 6) is 0.164. The fourth-order valence-electron chi connectivity index (χ4n) is 3.35. The molecule has 1 aromatic heterocycles. The van der Waals surface area contributed by atoms with Crippen LogP contribution in [0.5, 0.6) is 0 Å². The first kappa shape index (κ1) is 22.1. The first-order chi connectivity index (χ1) is 14.1. The Labute approximate surface area is 181 Å². The maximum absolute atomic E-state index is 12.9. The van der Waals surface area contributed by atoms with Gasteiger partial charge in [0.2, 0.25) is 0 Å². The van der Waals surface area contributed by atoms with Crippen LogP contribution in [0.25, 0.3) is 10.8 Å². The van der Waals surface area contributed by atoms with Crippen molar-refractivity contribution in [2.75, 3.05) is 5.32 Å². The lowest BCUT2D eigenvalue weighted by molar-refractivity contribution is 0.256. The van der Waals surface area contributed by atoms with Crippen molar-refractivity contribution in [1.82, 2.24) is 9.71 Å². The van der Waals surface area contributed by atoms with Crippen LogP contribution in [0, 0.1) is 0 Å². The largest absolute Gasteiger partial charge is 0.333 e. The second kappa shape index (κ2) is 8.62. The van der Waals surface area contributed by atoms with E-state index < -0.39 is 16.1 Å². The molecule has 0 fully saturated rings. The SMILES string of the molecule is CC(C)c1cc(Cl)cc(C(C)C)c1NC(=O)NS(=O)(=O)c1cccc2cnccc12. The summed E-state index contributed by atoms with van der Waals surface area (Å²) in [6.45, 7) is 7.94. The van der Waals surface area contributed by atoms with E-state index in [2.05, 4.69) is 15.0 Å². The number of benzene rings is 2. The fourth-order valence-corrected chi connectivity index (χ4v) is 4.72. The van der Waals surface area contributed by atoms with E-state index in [1.165, 1.54) is 12.3 Å². The monoisotopic (exact) mass is 445 g/mol. The molecule has 2 aromatic carbocycles. The van der Waals surface area contributed by atoms with Crippen molar-refractivity contribution < 1.29 is 13.2 Å². The summed E-state index contributed by atoms with van der Waals surface area (Å²) in [7, 11) is -4.10. The number of aromatic nitrogens is 1. The highest BCUT2D eigenvalue weighted by Gasteiger charge is 2.23. The number of hydrogen-bond acceptors (Lipinski definition) is 4. The second-order valence-corrected chi connectivity index (χ2v) is 9.77. The fraction of sp³-hybridized carbons (Fsp3) is 0.273. The normalized spacial score (nSPS) is 11.8. The molecule has 6 nitrogen and oxygen atoms in total. The van der Waals surface area contributed by atoms with Gasteiger partial charge in [0, 0.05) is 33.9 Å². The van der Waals surface area contributed by atoms with Gasteiger partial charge >= 0.3 is 6.03 Å². The smallest absolute Gasteiger partial charge is 0.307 e. The first-order valence-corrected chi connectivity index (χ1v) is 11.5. The van der Waals surface area contributed by atoms with Gasteiger partial charge in [-0.15, -0.1) is 0 Å². The molecule has 0 bridgehead atoms. The van der Waals surface area contributed by atoms with Crippen molar-refractivity contribution in [2.24, 2.45) is 0 Å². The zero-order valence-electron chi connectivity index (χ0n) is 17.2. The van der Waals surface area contributed by atoms with Gasteiger partial charge in [-0.2, -0.15) is 0 Å². The Balaban J connectivity index is 1.96. The molecule has 0 spiro atoms. The first-order valence-electron chi connectivity index (χ1n) is 9.60. The number of sulfonamides is 1. The molecule has 3 rings (SSSR count). The van der Waals surface area contributed by atoms with Crippen LogP contribution >= 0.6 is 11.6 Å². The minimum atomic E-state index is -4.10. The molecule has 2 amide bonds. The summed E-state index contributed by atoms with van der Waals surface area (Å²) in [6.07, 6.45) is 3.09. The van der Waals surface area contributed by atoms with Crippen LogP contribution in [0.1, 0.15) is 50.7 Å². The van der Waals surface area contributed by atoms with E-state index in [1.807, 2.05) is 27.7 Å². The van der Waals surface area contributed by atoms with Crippen molar-refractivity contribution in [3.8, 4) is 0 Å². The van der Waals surface area contributed by atoms with Crippen molar-refractivity contribution in [1.29, 1.82) is 0 Å². The lowest BCUT2D eigenvalue weighted by atomic mass is 9.92. The van der Waals surface area contributed by atoms with Crippen molar-refractivity contribution in [3.05, 3.63) is 64.9 Å². The maximum atomic E-state index is 12.9. The average Bonchev–Trinajstić information content (AvgIpc) is 2.67. The Morgan fingerprint density at radius 3 is 2.27 bits per heavy atom. The Morgan fingerprint density at radius 1 is 1.03 bits per heavy atom. The van der Waals surface area contributed by atoms with Crippen molar-refractivity contribution >= 4 is 44.1 Å². The molecule has 2 N–H and O–H groups in total. The van der Waals surface area contributed by atoms with Crippen LogP contribution < -0.4 is 10.0 Å². The second-order valence-electron chi connectivity index (χ2n) is 7.68. The van der Waals surface area contributed by atoms with Gasteiger partial charge < -0.3 is 5.32 Å². The van der Waals surface area contributed by atoms with E-state index >= 15 is 0 Å². The average molecular weight is 446 g/mol. The lowest BCUT2D eigenvalue weighted by Crippen LogP contribution is -2.35. The molecule has 1 heterocycles. The van der Waals surface area contributed by atoms with E-state index in [0.717, 1.165) is 11.1 Å². The van der Waals surface area contributed by atoms with Gasteiger partial charge in [-0.25, -0.2) is 17.9 Å². The van der Waals surface area contributed by atoms with Gasteiger partial charge in [0.1, 0.15) is 0 Å². The van der Waals surface area contributed by atoms with E-state index in [1.54, 1.807) is 36.5 Å². The number of pyridine rings is 1. The molecule has 0 saturated heterocycles. The molecular formula is C22H24ClN3O3S. The summed E-state index contributed by atoms with van der Waals surface area (Å²) < 4.78 is 28.0. The van der Waals surface area contributed by atoms with Crippen LogP contribution in [0.3, 0.4) is 0 Å². The van der Waals surface area contributed by atoms with Crippen LogP contribution in [0.2, 0.25) is 5.02 Å². The van der Waals surface area contributed by atoms with Crippen LogP contribution in [0.15, 0.2) is 53.7 Å². The molecule has 0 saturated carbocycles. The number of fused-ring (bicyclic) bond motifs is 1. The van der Waals surface area contributed by atoms with Crippen molar-refractivity contribution in [3.63, 3.8) is 0 Å². The summed E-state index contributed by atoms with van der Waals surface area (Å²) in [5.41, 5.74) is 2.27. The molecule has 158 valence electrons. The molecule has 0 aliphatic carbocycles. The van der Waals surface area contributed by atoms with E-state index in [0.29, 0.717) is 21.5 Å². The molecule has 0 aliphatic rings. The predicted octanol–water partition coefficient (Wildman–Crippen LogP) is 5.65. The minimum absolute atomic E-state index is 0.0156. The molecule has 0 atom stereocenters. The predicted molar refractivity (Wildman–Crippen MR) is 121 cm³/mol. The van der Waals surface area contributed by atoms with Crippen LogP contribution in [-0.4, -0.2) is 19.4 Å². The zero-order valence-corrected chi connectivity index (χ0v) is 18.8. The Kier molecular flexibility index (Phi) is 6.33. The van der Waals surface area contributed by atoms with Gasteiger partial charge in [0.15, 0.2) is 0 Å². The number of amides is 2. The van der Waals surface area contributed by atoms with Gasteiger partial charge in [0.25, 0.3) is 10.0 Å². The number of carbonyl (C=O) groups is 1. The summed E-state index contributed by atoms with van der Waals surface area (Å²) in [5, 5.41) is 4.48. The maximum Gasteiger partial charge on any atom is 0.333 e. The van der Waals surface area contributed by atoms with E-state index in [4.69, 9.17) is 11.6 Å². The highest BCUT2D eigenvalue weighted by atomic mass is 35.5. The van der Waals surface area contributed by atoms with E-state index in [-0.39, 0.29) is 16.7 Å². The summed E-state index contributed by atoms with van der Waals surface area (Å²) in [6, 6.07) is 9.20. The molecule has 0 aliphatic heterocycles. The highest BCUT2D eigenvalue weighted by molar-refractivity contribution is 7.90. The number of urea groups is 1. The zero-order chi connectivity index (χ0) is 22.1. The van der Waals surface area contributed by atoms with Gasteiger partial charge in [0.05, 0.1) is 4.90 Å². The number of carbonyl (C=O) groups excluding carboxylic acids is 1. The Morgan fingerprint density at radius 2 is 1.67 bits per heavy atom. The summed E-state index contributed by atoms with van der Waals surface area (Å²) >= 11 is 6.26. The van der Waals surface area contributed by atoms with Crippen molar-refractivity contribution in [2.45, 2.75) is 44.4 Å². The van der Waals surface area contributed by atoms with Gasteiger partial charge in [-0.1, -0.05) is 51.4 Å². The number of rotatable bonds is 5.